The van der Waals surface area contributed by atoms with Gasteiger partial charge in [0.05, 0.1) is 0 Å². The number of aromatic nitrogens is 1. The van der Waals surface area contributed by atoms with Crippen LogP contribution in [0.5, 0.6) is 0 Å². The van der Waals surface area contributed by atoms with Gasteiger partial charge in [-0.25, -0.2) is 9.78 Å². The molecule has 2 aromatic rings. The van der Waals surface area contributed by atoms with Crippen LogP contribution in [-0.4, -0.2) is 41.3 Å². The molecule has 1 aromatic heterocycles. The molecule has 1 aromatic carbocycles. The smallest absolute Gasteiger partial charge is 0.321 e. The van der Waals surface area contributed by atoms with Gasteiger partial charge in [0, 0.05) is 6.04 Å². The van der Waals surface area contributed by atoms with Crippen molar-refractivity contribution in [1.82, 2.24) is 15.6 Å². The van der Waals surface area contributed by atoms with E-state index in [1.54, 1.807) is 12.1 Å². The second kappa shape index (κ2) is 9.07. The van der Waals surface area contributed by atoms with Gasteiger partial charge in [-0.1, -0.05) is 30.8 Å². The second-order valence-corrected chi connectivity index (χ2v) is 6.15. The maximum absolute atomic E-state index is 11.7. The first-order valence-corrected chi connectivity index (χ1v) is 8.70. The van der Waals surface area contributed by atoms with Crippen molar-refractivity contribution >= 4 is 40.8 Å². The molecule has 25 heavy (non-hydrogen) atoms. The van der Waals surface area contributed by atoms with Crippen molar-refractivity contribution in [2.45, 2.75) is 31.5 Å². The summed E-state index contributed by atoms with van der Waals surface area (Å²) in [5.74, 6) is -1.36. The highest BCUT2D eigenvalue weighted by atomic mass is 32.2. The molecule has 1 atom stereocenters. The molecule has 3 amide bonds. The first-order chi connectivity index (χ1) is 12.0. The van der Waals surface area contributed by atoms with Gasteiger partial charge in [-0.15, -0.1) is 0 Å². The molecule has 0 saturated carbocycles. The summed E-state index contributed by atoms with van der Waals surface area (Å²) in [5.41, 5.74) is 1.33. The van der Waals surface area contributed by atoms with Crippen LogP contribution in [0.15, 0.2) is 33.9 Å². The summed E-state index contributed by atoms with van der Waals surface area (Å²) in [6.45, 7) is 3.19. The van der Waals surface area contributed by atoms with Gasteiger partial charge in [0.1, 0.15) is 11.3 Å². The maximum Gasteiger partial charge on any atom is 0.321 e. The van der Waals surface area contributed by atoms with Gasteiger partial charge in [-0.2, -0.15) is 0 Å². The molecule has 0 aliphatic rings. The Hall–Kier alpha value is -2.55. The molecule has 0 radical (unpaired) electrons. The number of amides is 3. The van der Waals surface area contributed by atoms with Crippen LogP contribution < -0.4 is 10.6 Å². The highest BCUT2D eigenvalue weighted by Gasteiger charge is 2.14. The Bertz CT molecular complexity index is 728. The largest absolute Gasteiger partial charge is 0.455 e. The minimum absolute atomic E-state index is 0.0527. The number of carbonyl (C=O) groups excluding carboxylic acids is 3. The molecule has 2 N–H and O–H groups in total. The first kappa shape index (κ1) is 18.8. The van der Waals surface area contributed by atoms with Gasteiger partial charge in [-0.05, 0) is 25.5 Å². The molecular weight excluding hydrogens is 346 g/mol. The van der Waals surface area contributed by atoms with Crippen molar-refractivity contribution in [2.24, 2.45) is 0 Å². The van der Waals surface area contributed by atoms with Crippen LogP contribution in [0, 0.1) is 0 Å². The summed E-state index contributed by atoms with van der Waals surface area (Å²) in [6, 6.07) is 6.57. The van der Waals surface area contributed by atoms with Gasteiger partial charge in [-0.3, -0.25) is 14.9 Å². The number of nitrogens with zero attached hydrogens (tertiary/aromatic N) is 1. The van der Waals surface area contributed by atoms with Crippen LogP contribution in [0.2, 0.25) is 0 Å². The van der Waals surface area contributed by atoms with Crippen molar-refractivity contribution in [3.8, 4) is 0 Å². The summed E-state index contributed by atoms with van der Waals surface area (Å²) >= 11 is 1.07. The predicted molar refractivity (Wildman–Crippen MR) is 92.1 cm³/mol. The predicted octanol–water partition coefficient (Wildman–Crippen LogP) is 2.09. The number of imide groups is 1. The van der Waals surface area contributed by atoms with E-state index in [1.807, 2.05) is 26.0 Å². The topological polar surface area (TPSA) is 111 Å². The number of rotatable bonds is 7. The molecule has 0 aliphatic heterocycles. The van der Waals surface area contributed by atoms with E-state index in [0.717, 1.165) is 18.2 Å². The molecular formula is C16H19N3O5S. The Morgan fingerprint density at radius 2 is 2.08 bits per heavy atom. The van der Waals surface area contributed by atoms with E-state index in [4.69, 9.17) is 9.15 Å². The Morgan fingerprint density at radius 1 is 1.32 bits per heavy atom. The number of para-hydroxylation sites is 2. The van der Waals surface area contributed by atoms with Crippen molar-refractivity contribution in [2.75, 3.05) is 12.4 Å². The average molecular weight is 365 g/mol. The number of esters is 1. The highest BCUT2D eigenvalue weighted by Crippen LogP contribution is 2.22. The summed E-state index contributed by atoms with van der Waals surface area (Å²) in [4.78, 5) is 38.9. The molecule has 0 unspecified atom stereocenters. The fourth-order valence-corrected chi connectivity index (χ4v) is 2.38. The van der Waals surface area contributed by atoms with E-state index < -0.39 is 24.5 Å². The minimum Gasteiger partial charge on any atom is -0.455 e. The van der Waals surface area contributed by atoms with Crippen LogP contribution in [0.1, 0.15) is 20.3 Å². The third-order valence-corrected chi connectivity index (χ3v) is 4.00. The standard InChI is InChI=1S/C16H19N3O5S/c1-3-10(2)17-15(22)19-13(20)8-23-14(21)9-25-16-18-11-6-4-5-7-12(11)24-16/h4-7,10H,3,8-9H2,1-2H3,(H2,17,19,20,22)/t10-/m1/s1. The monoisotopic (exact) mass is 365 g/mol. The second-order valence-electron chi connectivity index (χ2n) is 5.23. The number of carbonyl (C=O) groups is 3. The number of hydrogen-bond acceptors (Lipinski definition) is 7. The number of oxazole rings is 1. The lowest BCUT2D eigenvalue weighted by Crippen LogP contribution is -2.44. The van der Waals surface area contributed by atoms with E-state index in [1.165, 1.54) is 0 Å². The van der Waals surface area contributed by atoms with Gasteiger partial charge < -0.3 is 14.5 Å². The third kappa shape index (κ3) is 6.11. The average Bonchev–Trinajstić information content (AvgIpc) is 3.00. The maximum atomic E-state index is 11.7. The van der Waals surface area contributed by atoms with Gasteiger partial charge in [0.2, 0.25) is 0 Å². The zero-order valence-electron chi connectivity index (χ0n) is 13.9. The van der Waals surface area contributed by atoms with E-state index in [-0.39, 0.29) is 11.8 Å². The Labute approximate surface area is 148 Å². The SMILES string of the molecule is CC[C@@H](C)NC(=O)NC(=O)COC(=O)CSc1nc2ccccc2o1. The Morgan fingerprint density at radius 3 is 2.80 bits per heavy atom. The van der Waals surface area contributed by atoms with Gasteiger partial charge >= 0.3 is 12.0 Å². The van der Waals surface area contributed by atoms with E-state index in [2.05, 4.69) is 15.6 Å². The van der Waals surface area contributed by atoms with Crippen molar-refractivity contribution in [1.29, 1.82) is 0 Å². The molecule has 2 rings (SSSR count). The fourth-order valence-electron chi connectivity index (χ4n) is 1.75. The van der Waals surface area contributed by atoms with Crippen LogP contribution in [0.25, 0.3) is 11.1 Å². The van der Waals surface area contributed by atoms with Crippen LogP contribution in [0.3, 0.4) is 0 Å². The normalized spacial score (nSPS) is 11.8. The van der Waals surface area contributed by atoms with Crippen molar-refractivity contribution in [3.63, 3.8) is 0 Å². The summed E-state index contributed by atoms with van der Waals surface area (Å²) in [5, 5.41) is 5.00. The van der Waals surface area contributed by atoms with E-state index in [0.29, 0.717) is 16.3 Å². The zero-order chi connectivity index (χ0) is 18.2. The summed E-state index contributed by atoms with van der Waals surface area (Å²) < 4.78 is 10.3. The van der Waals surface area contributed by atoms with Crippen LogP contribution in [-0.2, 0) is 14.3 Å². The van der Waals surface area contributed by atoms with Crippen LogP contribution >= 0.6 is 11.8 Å². The molecule has 0 spiro atoms. The molecule has 134 valence electrons. The molecule has 8 nitrogen and oxygen atoms in total. The molecule has 0 aliphatic carbocycles. The third-order valence-electron chi connectivity index (χ3n) is 3.19. The number of hydrogen-bond donors (Lipinski definition) is 2. The Balaban J connectivity index is 1.69. The molecule has 1 heterocycles. The highest BCUT2D eigenvalue weighted by molar-refractivity contribution is 7.99. The molecule has 0 saturated heterocycles. The van der Waals surface area contributed by atoms with E-state index in [9.17, 15) is 14.4 Å². The quantitative estimate of drug-likeness (QED) is 0.571. The van der Waals surface area contributed by atoms with Gasteiger partial charge in [0.25, 0.3) is 11.1 Å². The lowest BCUT2D eigenvalue weighted by Gasteiger charge is -2.11. The molecule has 9 heteroatoms. The number of fused-ring (bicyclic) bond motifs is 1. The zero-order valence-corrected chi connectivity index (χ0v) is 14.7. The van der Waals surface area contributed by atoms with Gasteiger partial charge in [0.15, 0.2) is 12.2 Å². The number of thioether (sulfide) groups is 1. The molecule has 0 bridgehead atoms. The lowest BCUT2D eigenvalue weighted by molar-refractivity contribution is -0.145. The van der Waals surface area contributed by atoms with Crippen molar-refractivity contribution < 1.29 is 23.5 Å². The van der Waals surface area contributed by atoms with Crippen LogP contribution in [0.4, 0.5) is 4.79 Å². The lowest BCUT2D eigenvalue weighted by atomic mass is 10.3. The Kier molecular flexibility index (Phi) is 6.81. The number of ether oxygens (including phenoxy) is 1. The van der Waals surface area contributed by atoms with Crippen molar-refractivity contribution in [3.05, 3.63) is 24.3 Å². The molecule has 0 fully saturated rings. The number of benzene rings is 1. The number of urea groups is 1. The number of nitrogens with one attached hydrogen (secondary N) is 2. The minimum atomic E-state index is -0.694. The summed E-state index contributed by atoms with van der Waals surface area (Å²) in [6.07, 6.45) is 0.740. The first-order valence-electron chi connectivity index (χ1n) is 7.72. The summed E-state index contributed by atoms with van der Waals surface area (Å²) in [7, 11) is 0. The van der Waals surface area contributed by atoms with E-state index >= 15 is 0 Å². The fraction of sp³-hybridized carbons (Fsp3) is 0.375.